The maximum atomic E-state index is 12.1. The molecule has 2 amide bonds. The number of nitrogens with one attached hydrogen (secondary N) is 2. The number of hydrogen-bond acceptors (Lipinski definition) is 4. The normalized spacial score (nSPS) is 10.5. The summed E-state index contributed by atoms with van der Waals surface area (Å²) in [6.45, 7) is 2.15. The third-order valence-corrected chi connectivity index (χ3v) is 4.12. The second-order valence-electron chi connectivity index (χ2n) is 5.91. The molecule has 0 aromatic heterocycles. The van der Waals surface area contributed by atoms with E-state index in [1.54, 1.807) is 24.3 Å². The van der Waals surface area contributed by atoms with Gasteiger partial charge in [0.2, 0.25) is 5.91 Å². The lowest BCUT2D eigenvalue weighted by atomic mass is 10.2. The lowest BCUT2D eigenvalue weighted by molar-refractivity contribution is -0.131. The number of amides is 2. The molecule has 2 aromatic carbocycles. The van der Waals surface area contributed by atoms with Crippen LogP contribution in [-0.4, -0.2) is 30.9 Å². The van der Waals surface area contributed by atoms with E-state index >= 15 is 0 Å². The van der Waals surface area contributed by atoms with Gasteiger partial charge in [-0.05, 0) is 48.4 Å². The maximum absolute atomic E-state index is 12.1. The molecule has 0 saturated heterocycles. The van der Waals surface area contributed by atoms with Crippen LogP contribution >= 0.6 is 15.9 Å². The van der Waals surface area contributed by atoms with E-state index in [0.29, 0.717) is 30.8 Å². The molecule has 0 saturated carbocycles. The zero-order chi connectivity index (χ0) is 20.4. The van der Waals surface area contributed by atoms with E-state index in [-0.39, 0.29) is 11.8 Å². The number of hydrogen-bond donors (Lipinski definition) is 2. The van der Waals surface area contributed by atoms with Crippen LogP contribution in [0.25, 0.3) is 6.08 Å². The summed E-state index contributed by atoms with van der Waals surface area (Å²) in [6.07, 6.45) is 3.80. The van der Waals surface area contributed by atoms with Crippen molar-refractivity contribution in [2.45, 2.75) is 13.3 Å². The van der Waals surface area contributed by atoms with Crippen LogP contribution in [0.2, 0.25) is 0 Å². The summed E-state index contributed by atoms with van der Waals surface area (Å²) in [7, 11) is 0. The van der Waals surface area contributed by atoms with Crippen LogP contribution in [0, 0.1) is 0 Å². The minimum atomic E-state index is -0.442. The van der Waals surface area contributed by atoms with Gasteiger partial charge in [-0.1, -0.05) is 34.1 Å². The summed E-state index contributed by atoms with van der Waals surface area (Å²) in [5.74, 6) is -0.578. The highest BCUT2D eigenvalue weighted by molar-refractivity contribution is 9.10. The first-order chi connectivity index (χ1) is 13.4. The molecule has 146 valence electrons. The fourth-order valence-corrected chi connectivity index (χ4v) is 2.54. The fraction of sp³-hybridized carbons (Fsp3) is 0.190. The number of benzene rings is 2. The predicted molar refractivity (Wildman–Crippen MR) is 111 cm³/mol. The zero-order valence-electron chi connectivity index (χ0n) is 15.4. The molecule has 0 unspecified atom stereocenters. The molecule has 0 bridgehead atoms. The van der Waals surface area contributed by atoms with E-state index in [1.165, 1.54) is 19.1 Å². The van der Waals surface area contributed by atoms with Crippen molar-refractivity contribution in [3.05, 3.63) is 70.2 Å². The minimum absolute atomic E-state index is 0.191. The Balaban J connectivity index is 1.68. The van der Waals surface area contributed by atoms with Gasteiger partial charge in [0, 0.05) is 36.1 Å². The van der Waals surface area contributed by atoms with E-state index in [0.717, 1.165) is 10.0 Å². The molecular formula is C21H21BrN2O4. The van der Waals surface area contributed by atoms with Gasteiger partial charge in [-0.15, -0.1) is 0 Å². The molecule has 0 radical (unpaired) electrons. The molecule has 0 atom stereocenters. The number of halogens is 1. The molecule has 2 aromatic rings. The number of rotatable bonds is 8. The van der Waals surface area contributed by atoms with E-state index in [4.69, 9.17) is 4.74 Å². The van der Waals surface area contributed by atoms with Crippen molar-refractivity contribution in [3.8, 4) is 5.75 Å². The highest BCUT2D eigenvalue weighted by Crippen LogP contribution is 2.13. The van der Waals surface area contributed by atoms with Crippen LogP contribution in [0.1, 0.15) is 29.3 Å². The Labute approximate surface area is 172 Å². The number of esters is 1. The van der Waals surface area contributed by atoms with Crippen molar-refractivity contribution in [3.63, 3.8) is 0 Å². The zero-order valence-corrected chi connectivity index (χ0v) is 17.0. The van der Waals surface area contributed by atoms with Gasteiger partial charge in [0.05, 0.1) is 0 Å². The minimum Gasteiger partial charge on any atom is -0.427 e. The van der Waals surface area contributed by atoms with Gasteiger partial charge in [-0.25, -0.2) is 0 Å². The topological polar surface area (TPSA) is 84.5 Å². The lowest BCUT2D eigenvalue weighted by Crippen LogP contribution is -2.29. The number of carbonyl (C=O) groups is 3. The van der Waals surface area contributed by atoms with Gasteiger partial charge >= 0.3 is 5.97 Å². The average Bonchev–Trinajstić information content (AvgIpc) is 2.67. The third-order valence-electron chi connectivity index (χ3n) is 3.59. The average molecular weight is 445 g/mol. The largest absolute Gasteiger partial charge is 0.427 e. The standard InChI is InChI=1S/C21H21BrN2O4/c1-15(25)28-19-5-2-4-17(14-19)21(27)24-13-3-12-23-20(26)11-8-16-6-9-18(22)10-7-16/h2,4-11,14H,3,12-13H2,1H3,(H,23,26)(H,24,27)/b11-8+. The van der Waals surface area contributed by atoms with Crippen LogP contribution in [0.15, 0.2) is 59.1 Å². The van der Waals surface area contributed by atoms with Crippen LogP contribution in [0.3, 0.4) is 0 Å². The molecule has 2 N–H and O–H groups in total. The fourth-order valence-electron chi connectivity index (χ4n) is 2.28. The molecule has 28 heavy (non-hydrogen) atoms. The molecule has 0 spiro atoms. The SMILES string of the molecule is CC(=O)Oc1cccc(C(=O)NCCCNC(=O)/C=C/c2ccc(Br)cc2)c1. The molecule has 0 aliphatic rings. The van der Waals surface area contributed by atoms with Gasteiger partial charge in [-0.3, -0.25) is 14.4 Å². The lowest BCUT2D eigenvalue weighted by Gasteiger charge is -2.07. The van der Waals surface area contributed by atoms with Crippen LogP contribution < -0.4 is 15.4 Å². The second kappa shape index (κ2) is 11.0. The van der Waals surface area contributed by atoms with Crippen molar-refractivity contribution in [1.82, 2.24) is 10.6 Å². The van der Waals surface area contributed by atoms with E-state index in [9.17, 15) is 14.4 Å². The third kappa shape index (κ3) is 7.75. The van der Waals surface area contributed by atoms with E-state index < -0.39 is 5.97 Å². The first kappa shape index (κ1) is 21.4. The number of ether oxygens (including phenoxy) is 1. The Morgan fingerprint density at radius 3 is 2.46 bits per heavy atom. The molecule has 0 heterocycles. The van der Waals surface area contributed by atoms with Crippen LogP contribution in [0.4, 0.5) is 0 Å². The molecule has 0 fully saturated rings. The Morgan fingerprint density at radius 2 is 1.75 bits per heavy atom. The second-order valence-corrected chi connectivity index (χ2v) is 6.82. The molecule has 0 aliphatic carbocycles. The summed E-state index contributed by atoms with van der Waals surface area (Å²) in [5.41, 5.74) is 1.34. The molecule has 0 aliphatic heterocycles. The van der Waals surface area contributed by atoms with Crippen molar-refractivity contribution in [1.29, 1.82) is 0 Å². The summed E-state index contributed by atoms with van der Waals surface area (Å²) in [4.78, 5) is 34.9. The quantitative estimate of drug-likeness (QED) is 0.283. The first-order valence-electron chi connectivity index (χ1n) is 8.72. The van der Waals surface area contributed by atoms with Gasteiger partial charge in [0.15, 0.2) is 0 Å². The van der Waals surface area contributed by atoms with Crippen molar-refractivity contribution in [2.24, 2.45) is 0 Å². The summed E-state index contributed by atoms with van der Waals surface area (Å²) < 4.78 is 5.94. The van der Waals surface area contributed by atoms with E-state index in [1.807, 2.05) is 24.3 Å². The molecule has 6 nitrogen and oxygen atoms in total. The molecule has 2 rings (SSSR count). The highest BCUT2D eigenvalue weighted by atomic mass is 79.9. The van der Waals surface area contributed by atoms with Crippen molar-refractivity contribution >= 4 is 39.8 Å². The Morgan fingerprint density at radius 1 is 1.04 bits per heavy atom. The number of carbonyl (C=O) groups excluding carboxylic acids is 3. The highest BCUT2D eigenvalue weighted by Gasteiger charge is 2.07. The Bertz CT molecular complexity index is 863. The van der Waals surface area contributed by atoms with Gasteiger partial charge in [0.25, 0.3) is 5.91 Å². The van der Waals surface area contributed by atoms with Crippen LogP contribution in [-0.2, 0) is 9.59 Å². The smallest absolute Gasteiger partial charge is 0.308 e. The van der Waals surface area contributed by atoms with Gasteiger partial charge in [0.1, 0.15) is 5.75 Å². The Kier molecular flexibility index (Phi) is 8.42. The van der Waals surface area contributed by atoms with Crippen molar-refractivity contribution in [2.75, 3.05) is 13.1 Å². The summed E-state index contributed by atoms with van der Waals surface area (Å²) in [5, 5.41) is 5.53. The monoisotopic (exact) mass is 444 g/mol. The van der Waals surface area contributed by atoms with Gasteiger partial charge in [-0.2, -0.15) is 0 Å². The molecule has 7 heteroatoms. The summed E-state index contributed by atoms with van der Waals surface area (Å²) in [6, 6.07) is 14.0. The maximum Gasteiger partial charge on any atom is 0.308 e. The van der Waals surface area contributed by atoms with Gasteiger partial charge < -0.3 is 15.4 Å². The first-order valence-corrected chi connectivity index (χ1v) is 9.51. The van der Waals surface area contributed by atoms with Crippen molar-refractivity contribution < 1.29 is 19.1 Å². The van der Waals surface area contributed by atoms with E-state index in [2.05, 4.69) is 26.6 Å². The molecular weight excluding hydrogens is 424 g/mol. The predicted octanol–water partition coefficient (Wildman–Crippen LogP) is 3.32. The van der Waals surface area contributed by atoms with Crippen LogP contribution in [0.5, 0.6) is 5.75 Å². The summed E-state index contributed by atoms with van der Waals surface area (Å²) >= 11 is 3.36. The Hall–Kier alpha value is -2.93.